The summed E-state index contributed by atoms with van der Waals surface area (Å²) in [5, 5.41) is 3.39. The molecule has 0 saturated heterocycles. The molecule has 1 aliphatic carbocycles. The van der Waals surface area contributed by atoms with E-state index in [0.29, 0.717) is 12.0 Å². The Morgan fingerprint density at radius 2 is 1.58 bits per heavy atom. The molecule has 128 valence electrons. The van der Waals surface area contributed by atoms with Crippen LogP contribution < -0.4 is 15.8 Å². The summed E-state index contributed by atoms with van der Waals surface area (Å²) in [6, 6.07) is 17.3. The van der Waals surface area contributed by atoms with Gasteiger partial charge >= 0.3 is 0 Å². The molecule has 3 N–H and O–H groups in total. The molecule has 1 fully saturated rings. The second-order valence-electron chi connectivity index (χ2n) is 6.86. The Labute approximate surface area is 145 Å². The number of nitrogens with two attached hydrogens (primary N) is 1. The predicted octanol–water partition coefficient (Wildman–Crippen LogP) is 4.28. The van der Waals surface area contributed by atoms with E-state index in [2.05, 4.69) is 43.6 Å². The topological polar surface area (TPSA) is 47.3 Å². The van der Waals surface area contributed by atoms with Crippen LogP contribution in [0.1, 0.15) is 54.5 Å². The van der Waals surface area contributed by atoms with Crippen molar-refractivity contribution in [2.45, 2.75) is 50.8 Å². The average Bonchev–Trinajstić information content (AvgIpc) is 2.64. The molecular formula is C21H28N2O. The van der Waals surface area contributed by atoms with Gasteiger partial charge in [-0.1, -0.05) is 42.0 Å². The van der Waals surface area contributed by atoms with Crippen molar-refractivity contribution in [3.8, 4) is 5.75 Å². The van der Waals surface area contributed by atoms with Crippen molar-refractivity contribution in [1.82, 2.24) is 5.32 Å². The van der Waals surface area contributed by atoms with Gasteiger partial charge in [0.05, 0.1) is 0 Å². The number of ether oxygens (including phenoxy) is 1. The molecule has 1 saturated carbocycles. The Morgan fingerprint density at radius 3 is 2.17 bits per heavy atom. The summed E-state index contributed by atoms with van der Waals surface area (Å²) in [6.45, 7) is 2.06. The van der Waals surface area contributed by atoms with Crippen LogP contribution in [0.4, 0.5) is 0 Å². The summed E-state index contributed by atoms with van der Waals surface area (Å²) in [7, 11) is 2.06. The molecule has 0 amide bonds. The van der Waals surface area contributed by atoms with Crippen LogP contribution in [0.25, 0.3) is 0 Å². The lowest BCUT2D eigenvalue weighted by Gasteiger charge is -2.28. The number of rotatable bonds is 5. The third kappa shape index (κ3) is 4.16. The SMILES string of the molecule is CNC1CCC(c2ccc(C(N)Oc3ccc(C)cc3)cc2)CC1. The van der Waals surface area contributed by atoms with Crippen molar-refractivity contribution in [3.63, 3.8) is 0 Å². The van der Waals surface area contributed by atoms with E-state index in [1.54, 1.807) is 0 Å². The van der Waals surface area contributed by atoms with Crippen molar-refractivity contribution >= 4 is 0 Å². The summed E-state index contributed by atoms with van der Waals surface area (Å²) in [4.78, 5) is 0. The maximum Gasteiger partial charge on any atom is 0.174 e. The van der Waals surface area contributed by atoms with E-state index in [-0.39, 0.29) is 0 Å². The molecule has 0 aromatic heterocycles. The number of nitrogens with one attached hydrogen (secondary N) is 1. The van der Waals surface area contributed by atoms with E-state index >= 15 is 0 Å². The highest BCUT2D eigenvalue weighted by Crippen LogP contribution is 2.33. The molecule has 0 heterocycles. The lowest BCUT2D eigenvalue weighted by Crippen LogP contribution is -2.29. The van der Waals surface area contributed by atoms with Gasteiger partial charge in [0.25, 0.3) is 0 Å². The number of benzene rings is 2. The van der Waals surface area contributed by atoms with Crippen LogP contribution >= 0.6 is 0 Å². The van der Waals surface area contributed by atoms with Crippen LogP contribution in [0.2, 0.25) is 0 Å². The highest BCUT2D eigenvalue weighted by atomic mass is 16.5. The Kier molecular flexibility index (Phi) is 5.54. The van der Waals surface area contributed by atoms with E-state index in [1.807, 2.05) is 24.3 Å². The first-order chi connectivity index (χ1) is 11.7. The van der Waals surface area contributed by atoms with Gasteiger partial charge in [-0.2, -0.15) is 0 Å². The highest BCUT2D eigenvalue weighted by Gasteiger charge is 2.21. The van der Waals surface area contributed by atoms with Crippen LogP contribution in [0.3, 0.4) is 0 Å². The van der Waals surface area contributed by atoms with Gasteiger partial charge in [0.15, 0.2) is 6.23 Å². The zero-order chi connectivity index (χ0) is 16.9. The van der Waals surface area contributed by atoms with Gasteiger partial charge in [-0.05, 0) is 63.3 Å². The monoisotopic (exact) mass is 324 g/mol. The van der Waals surface area contributed by atoms with Gasteiger partial charge in [-0.3, -0.25) is 5.73 Å². The highest BCUT2D eigenvalue weighted by molar-refractivity contribution is 5.30. The molecule has 24 heavy (non-hydrogen) atoms. The van der Waals surface area contributed by atoms with E-state index in [9.17, 15) is 0 Å². The molecule has 2 aromatic carbocycles. The number of hydrogen-bond acceptors (Lipinski definition) is 3. The number of hydrogen-bond donors (Lipinski definition) is 2. The minimum absolute atomic E-state index is 0.429. The Morgan fingerprint density at radius 1 is 0.958 bits per heavy atom. The average molecular weight is 324 g/mol. The zero-order valence-corrected chi connectivity index (χ0v) is 14.7. The lowest BCUT2D eigenvalue weighted by molar-refractivity contribution is 0.214. The second kappa shape index (κ2) is 7.82. The van der Waals surface area contributed by atoms with Gasteiger partial charge < -0.3 is 10.1 Å². The van der Waals surface area contributed by atoms with Crippen LogP contribution in [-0.4, -0.2) is 13.1 Å². The summed E-state index contributed by atoms with van der Waals surface area (Å²) in [5.41, 5.74) is 9.86. The maximum atomic E-state index is 6.20. The Hall–Kier alpha value is -1.84. The maximum absolute atomic E-state index is 6.20. The van der Waals surface area contributed by atoms with Crippen LogP contribution in [0.5, 0.6) is 5.75 Å². The molecule has 0 aliphatic heterocycles. The third-order valence-corrected chi connectivity index (χ3v) is 5.16. The van der Waals surface area contributed by atoms with Gasteiger partial charge in [-0.15, -0.1) is 0 Å². The van der Waals surface area contributed by atoms with Crippen LogP contribution in [-0.2, 0) is 0 Å². The predicted molar refractivity (Wildman–Crippen MR) is 99.2 cm³/mol. The van der Waals surface area contributed by atoms with Crippen LogP contribution in [0.15, 0.2) is 48.5 Å². The molecule has 1 atom stereocenters. The smallest absolute Gasteiger partial charge is 0.174 e. The van der Waals surface area contributed by atoms with E-state index in [4.69, 9.17) is 10.5 Å². The largest absolute Gasteiger partial charge is 0.471 e. The molecule has 3 heteroatoms. The standard InChI is InChI=1S/C21H28N2O/c1-15-3-13-20(14-4-15)24-21(22)18-7-5-16(6-8-18)17-9-11-19(23-2)12-10-17/h3-8,13-14,17,19,21,23H,9-12,22H2,1-2H3. The first-order valence-corrected chi connectivity index (χ1v) is 8.91. The molecule has 2 aromatic rings. The van der Waals surface area contributed by atoms with Crippen LogP contribution in [0, 0.1) is 6.92 Å². The van der Waals surface area contributed by atoms with Gasteiger partial charge in [-0.25, -0.2) is 0 Å². The van der Waals surface area contributed by atoms with Gasteiger partial charge in [0.2, 0.25) is 0 Å². The second-order valence-corrected chi connectivity index (χ2v) is 6.86. The fraction of sp³-hybridized carbons (Fsp3) is 0.429. The van der Waals surface area contributed by atoms with Crippen molar-refractivity contribution < 1.29 is 4.74 Å². The fourth-order valence-corrected chi connectivity index (χ4v) is 3.50. The van der Waals surface area contributed by atoms with Crippen molar-refractivity contribution in [2.75, 3.05) is 7.05 Å². The minimum Gasteiger partial charge on any atom is -0.471 e. The quantitative estimate of drug-likeness (QED) is 0.807. The molecule has 0 bridgehead atoms. The zero-order valence-electron chi connectivity index (χ0n) is 14.7. The van der Waals surface area contributed by atoms with Gasteiger partial charge in [0.1, 0.15) is 5.75 Å². The summed E-state index contributed by atoms with van der Waals surface area (Å²) in [5.74, 6) is 1.49. The summed E-state index contributed by atoms with van der Waals surface area (Å²) in [6.07, 6.45) is 4.62. The van der Waals surface area contributed by atoms with E-state index in [0.717, 1.165) is 11.3 Å². The van der Waals surface area contributed by atoms with Crippen molar-refractivity contribution in [2.24, 2.45) is 5.73 Å². The molecule has 3 nitrogen and oxygen atoms in total. The van der Waals surface area contributed by atoms with Gasteiger partial charge in [0, 0.05) is 11.6 Å². The molecule has 0 radical (unpaired) electrons. The number of aryl methyl sites for hydroxylation is 1. The Bertz CT molecular complexity index is 628. The summed E-state index contributed by atoms with van der Waals surface area (Å²) >= 11 is 0. The van der Waals surface area contributed by atoms with E-state index < -0.39 is 6.23 Å². The minimum atomic E-state index is -0.429. The molecule has 1 aliphatic rings. The van der Waals surface area contributed by atoms with Crippen molar-refractivity contribution in [3.05, 3.63) is 65.2 Å². The van der Waals surface area contributed by atoms with Crippen molar-refractivity contribution in [1.29, 1.82) is 0 Å². The molecule has 0 spiro atoms. The lowest BCUT2D eigenvalue weighted by atomic mass is 9.81. The molecule has 1 unspecified atom stereocenters. The molecular weight excluding hydrogens is 296 g/mol. The first-order valence-electron chi connectivity index (χ1n) is 8.91. The van der Waals surface area contributed by atoms with E-state index in [1.165, 1.54) is 36.8 Å². The Balaban J connectivity index is 1.60. The summed E-state index contributed by atoms with van der Waals surface area (Å²) < 4.78 is 5.84. The molecule has 3 rings (SSSR count). The first kappa shape index (κ1) is 17.0. The third-order valence-electron chi connectivity index (χ3n) is 5.16. The normalized spacial score (nSPS) is 22.1. The fourth-order valence-electron chi connectivity index (χ4n) is 3.50.